The Kier molecular flexibility index (Phi) is 3.96. The Morgan fingerprint density at radius 1 is 1.58 bits per heavy atom. The van der Waals surface area contributed by atoms with Gasteiger partial charge in [0.05, 0.1) is 24.9 Å². The molecule has 0 aliphatic rings. The zero-order valence-corrected chi connectivity index (χ0v) is 11.5. The molecule has 0 amide bonds. The second-order valence-corrected chi connectivity index (χ2v) is 4.98. The van der Waals surface area contributed by atoms with E-state index in [0.717, 1.165) is 11.3 Å². The molecule has 0 aromatic carbocycles. The van der Waals surface area contributed by atoms with Gasteiger partial charge in [-0.2, -0.15) is 0 Å². The summed E-state index contributed by atoms with van der Waals surface area (Å²) in [7, 11) is 0. The highest BCUT2D eigenvalue weighted by Gasteiger charge is 2.18. The van der Waals surface area contributed by atoms with Crippen LogP contribution in [0, 0.1) is 6.92 Å². The molecule has 2 aromatic rings. The molecule has 0 atom stereocenters. The van der Waals surface area contributed by atoms with E-state index in [9.17, 15) is 9.59 Å². The summed E-state index contributed by atoms with van der Waals surface area (Å²) in [6, 6.07) is 0. The maximum Gasteiger partial charge on any atom is 0.346 e. The van der Waals surface area contributed by atoms with Crippen molar-refractivity contribution in [2.45, 2.75) is 20.4 Å². The van der Waals surface area contributed by atoms with Gasteiger partial charge in [-0.05, 0) is 19.4 Å². The number of nitrogens with zero attached hydrogens (tertiary/aromatic N) is 2. The van der Waals surface area contributed by atoms with Gasteiger partial charge < -0.3 is 9.84 Å². The summed E-state index contributed by atoms with van der Waals surface area (Å²) in [5, 5.41) is 9.44. The van der Waals surface area contributed by atoms with Crippen molar-refractivity contribution in [3.8, 4) is 0 Å². The maximum atomic E-state index is 12.3. The van der Waals surface area contributed by atoms with E-state index in [1.54, 1.807) is 6.92 Å². The summed E-state index contributed by atoms with van der Waals surface area (Å²) >= 11 is 1.03. The molecule has 0 unspecified atom stereocenters. The summed E-state index contributed by atoms with van der Waals surface area (Å²) in [6.45, 7) is 4.95. The highest BCUT2D eigenvalue weighted by Crippen LogP contribution is 2.26. The Morgan fingerprint density at radius 3 is 2.95 bits per heavy atom. The predicted molar refractivity (Wildman–Crippen MR) is 72.1 cm³/mol. The number of aryl methyl sites for hydroxylation is 1. The molecule has 102 valence electrons. The average molecular weight is 282 g/mol. The minimum atomic E-state index is -1.03. The number of hydrogen-bond donors (Lipinski definition) is 1. The van der Waals surface area contributed by atoms with Gasteiger partial charge in [0.1, 0.15) is 9.71 Å². The van der Waals surface area contributed by atoms with E-state index in [0.29, 0.717) is 35.5 Å². The lowest BCUT2D eigenvalue weighted by Gasteiger charge is -2.05. The molecule has 19 heavy (non-hydrogen) atoms. The largest absolute Gasteiger partial charge is 0.477 e. The number of carbonyl (C=O) groups is 1. The van der Waals surface area contributed by atoms with Crippen LogP contribution < -0.4 is 5.56 Å². The van der Waals surface area contributed by atoms with Crippen LogP contribution in [0.1, 0.15) is 22.2 Å². The third-order valence-corrected chi connectivity index (χ3v) is 3.98. The van der Waals surface area contributed by atoms with Crippen molar-refractivity contribution >= 4 is 27.5 Å². The Hall–Kier alpha value is -1.73. The van der Waals surface area contributed by atoms with Gasteiger partial charge >= 0.3 is 5.97 Å². The molecule has 0 saturated heterocycles. The third kappa shape index (κ3) is 2.52. The number of carboxylic acid groups (broad SMARTS) is 1. The van der Waals surface area contributed by atoms with Crippen molar-refractivity contribution in [3.05, 3.63) is 27.1 Å². The summed E-state index contributed by atoms with van der Waals surface area (Å²) in [6.07, 6.45) is 1.44. The van der Waals surface area contributed by atoms with Crippen LogP contribution in [-0.2, 0) is 11.3 Å². The lowest BCUT2D eigenvalue weighted by atomic mass is 10.2. The SMILES string of the molecule is CCOCCn1cnc2sc(C(=O)O)c(C)c2c1=O. The predicted octanol–water partition coefficient (Wildman–Crippen LogP) is 1.50. The highest BCUT2D eigenvalue weighted by molar-refractivity contribution is 7.20. The molecule has 2 aromatic heterocycles. The van der Waals surface area contributed by atoms with E-state index in [1.807, 2.05) is 6.92 Å². The summed E-state index contributed by atoms with van der Waals surface area (Å²) in [4.78, 5) is 28.1. The molecule has 2 rings (SSSR count). The molecule has 0 saturated carbocycles. The number of thiophene rings is 1. The fourth-order valence-corrected chi connectivity index (χ4v) is 2.81. The number of fused-ring (bicyclic) bond motifs is 1. The third-order valence-electron chi connectivity index (χ3n) is 2.79. The van der Waals surface area contributed by atoms with Crippen molar-refractivity contribution in [1.29, 1.82) is 0 Å². The number of aromatic nitrogens is 2. The van der Waals surface area contributed by atoms with Gasteiger partial charge in [-0.25, -0.2) is 9.78 Å². The lowest BCUT2D eigenvalue weighted by Crippen LogP contribution is -2.22. The zero-order valence-electron chi connectivity index (χ0n) is 10.7. The van der Waals surface area contributed by atoms with Gasteiger partial charge in [0.25, 0.3) is 5.56 Å². The van der Waals surface area contributed by atoms with Gasteiger partial charge in [0.15, 0.2) is 0 Å². The first kappa shape index (κ1) is 13.7. The minimum Gasteiger partial charge on any atom is -0.477 e. The Balaban J connectivity index is 2.49. The molecular weight excluding hydrogens is 268 g/mol. The van der Waals surface area contributed by atoms with Gasteiger partial charge in [-0.3, -0.25) is 9.36 Å². The molecule has 6 nitrogen and oxygen atoms in total. The van der Waals surface area contributed by atoms with Crippen molar-refractivity contribution in [1.82, 2.24) is 9.55 Å². The molecule has 0 spiro atoms. The fraction of sp³-hybridized carbons (Fsp3) is 0.417. The fourth-order valence-electron chi connectivity index (χ4n) is 1.83. The summed E-state index contributed by atoms with van der Waals surface area (Å²) in [5.74, 6) is -1.03. The normalized spacial score (nSPS) is 11.1. The standard InChI is InChI=1S/C12H14N2O4S/c1-3-18-5-4-14-6-13-10-8(11(14)15)7(2)9(19-10)12(16)17/h6H,3-5H2,1-2H3,(H,16,17). The molecule has 0 bridgehead atoms. The number of hydrogen-bond acceptors (Lipinski definition) is 5. The van der Waals surface area contributed by atoms with Crippen LogP contribution in [0.15, 0.2) is 11.1 Å². The maximum absolute atomic E-state index is 12.3. The first-order chi connectivity index (χ1) is 9.06. The van der Waals surface area contributed by atoms with Crippen molar-refractivity contribution in [2.24, 2.45) is 0 Å². The van der Waals surface area contributed by atoms with E-state index in [2.05, 4.69) is 4.98 Å². The van der Waals surface area contributed by atoms with E-state index in [-0.39, 0.29) is 10.4 Å². The van der Waals surface area contributed by atoms with Crippen molar-refractivity contribution in [2.75, 3.05) is 13.2 Å². The van der Waals surface area contributed by atoms with Crippen LogP contribution in [0.4, 0.5) is 0 Å². The smallest absolute Gasteiger partial charge is 0.346 e. The Morgan fingerprint density at radius 2 is 2.32 bits per heavy atom. The molecule has 2 heterocycles. The van der Waals surface area contributed by atoms with E-state index < -0.39 is 5.97 Å². The lowest BCUT2D eigenvalue weighted by molar-refractivity contribution is 0.0701. The first-order valence-corrected chi connectivity index (χ1v) is 6.67. The van der Waals surface area contributed by atoms with Crippen LogP contribution in [0.2, 0.25) is 0 Å². The second-order valence-electron chi connectivity index (χ2n) is 3.98. The molecule has 0 aliphatic carbocycles. The minimum absolute atomic E-state index is 0.169. The highest BCUT2D eigenvalue weighted by atomic mass is 32.1. The van der Waals surface area contributed by atoms with Crippen LogP contribution in [0.25, 0.3) is 10.2 Å². The zero-order chi connectivity index (χ0) is 14.0. The quantitative estimate of drug-likeness (QED) is 0.840. The number of rotatable bonds is 5. The number of ether oxygens (including phenoxy) is 1. The van der Waals surface area contributed by atoms with Crippen LogP contribution in [0.3, 0.4) is 0 Å². The van der Waals surface area contributed by atoms with Crippen molar-refractivity contribution < 1.29 is 14.6 Å². The molecule has 7 heteroatoms. The van der Waals surface area contributed by atoms with Crippen LogP contribution >= 0.6 is 11.3 Å². The van der Waals surface area contributed by atoms with E-state index in [1.165, 1.54) is 10.9 Å². The monoisotopic (exact) mass is 282 g/mol. The molecule has 0 radical (unpaired) electrons. The molecule has 1 N–H and O–H groups in total. The molecule has 0 aliphatic heterocycles. The van der Waals surface area contributed by atoms with Gasteiger partial charge in [0, 0.05) is 6.61 Å². The van der Waals surface area contributed by atoms with Gasteiger partial charge in [-0.15, -0.1) is 11.3 Å². The Labute approximate surface area is 113 Å². The number of aromatic carboxylic acids is 1. The van der Waals surface area contributed by atoms with Crippen molar-refractivity contribution in [3.63, 3.8) is 0 Å². The second kappa shape index (κ2) is 5.50. The van der Waals surface area contributed by atoms with Crippen LogP contribution in [-0.4, -0.2) is 33.8 Å². The topological polar surface area (TPSA) is 81.4 Å². The van der Waals surface area contributed by atoms with Gasteiger partial charge in [0.2, 0.25) is 0 Å². The molecular formula is C12H14N2O4S. The summed E-state index contributed by atoms with van der Waals surface area (Å²) in [5.41, 5.74) is 0.265. The van der Waals surface area contributed by atoms with Crippen LogP contribution in [0.5, 0.6) is 0 Å². The Bertz CT molecular complexity index is 674. The average Bonchev–Trinajstić information content (AvgIpc) is 2.71. The summed E-state index contributed by atoms with van der Waals surface area (Å²) < 4.78 is 6.65. The van der Waals surface area contributed by atoms with Gasteiger partial charge in [-0.1, -0.05) is 0 Å². The first-order valence-electron chi connectivity index (χ1n) is 5.85. The number of carboxylic acids is 1. The van der Waals surface area contributed by atoms with E-state index >= 15 is 0 Å². The van der Waals surface area contributed by atoms with E-state index in [4.69, 9.17) is 9.84 Å². The molecule has 0 fully saturated rings.